The van der Waals surface area contributed by atoms with Crippen LogP contribution in [0.3, 0.4) is 0 Å². The number of aromatic amines is 1. The van der Waals surface area contributed by atoms with E-state index in [1.165, 1.54) is 4.90 Å². The second-order valence-corrected chi connectivity index (χ2v) is 7.16. The summed E-state index contributed by atoms with van der Waals surface area (Å²) < 4.78 is 11.0. The smallest absolute Gasteiger partial charge is 0.289 e. The van der Waals surface area contributed by atoms with E-state index in [-0.39, 0.29) is 23.5 Å². The van der Waals surface area contributed by atoms with E-state index in [0.717, 1.165) is 17.0 Å². The van der Waals surface area contributed by atoms with Gasteiger partial charge in [0, 0.05) is 32.3 Å². The number of nitrogens with zero attached hydrogens (tertiary/aromatic N) is 2. The molecule has 0 bridgehead atoms. The van der Waals surface area contributed by atoms with Gasteiger partial charge in [-0.15, -0.1) is 0 Å². The van der Waals surface area contributed by atoms with Gasteiger partial charge in [0.15, 0.2) is 17.3 Å². The van der Waals surface area contributed by atoms with Crippen molar-refractivity contribution in [3.05, 3.63) is 59.1 Å². The molecule has 2 aromatic heterocycles. The number of carbonyl (C=O) groups excluding carboxylic acids is 2. The molecule has 0 saturated heterocycles. The van der Waals surface area contributed by atoms with Gasteiger partial charge in [0.05, 0.1) is 7.11 Å². The van der Waals surface area contributed by atoms with E-state index in [1.54, 1.807) is 33.3 Å². The number of ether oxygens (including phenoxy) is 1. The molecule has 0 spiro atoms. The van der Waals surface area contributed by atoms with Crippen LogP contribution in [0.2, 0.25) is 0 Å². The standard InChI is InChI=1S/C21H22N4O4/c1-25(2)21(27)17-8-7-16(29-17)19-23-15-10-13(11-22-20(26)18(15)24-19)12-5-4-6-14(9-12)28-3/h4-9,13H,10-11H2,1-3H3,(H,22,26)(H,23,24). The lowest BCUT2D eigenvalue weighted by molar-refractivity contribution is 0.0797. The summed E-state index contributed by atoms with van der Waals surface area (Å²) in [4.78, 5) is 33.7. The number of hydrogen-bond acceptors (Lipinski definition) is 5. The maximum Gasteiger partial charge on any atom is 0.289 e. The Labute approximate surface area is 167 Å². The number of carbonyl (C=O) groups is 2. The summed E-state index contributed by atoms with van der Waals surface area (Å²) in [5.41, 5.74) is 2.16. The summed E-state index contributed by atoms with van der Waals surface area (Å²) >= 11 is 0. The summed E-state index contributed by atoms with van der Waals surface area (Å²) in [6.45, 7) is 0.508. The van der Waals surface area contributed by atoms with Gasteiger partial charge in [-0.2, -0.15) is 0 Å². The molecule has 0 aliphatic carbocycles. The van der Waals surface area contributed by atoms with E-state index in [9.17, 15) is 9.59 Å². The summed E-state index contributed by atoms with van der Waals surface area (Å²) in [5.74, 6) is 1.44. The van der Waals surface area contributed by atoms with Crippen molar-refractivity contribution in [3.8, 4) is 17.3 Å². The van der Waals surface area contributed by atoms with Crippen LogP contribution >= 0.6 is 0 Å². The molecular formula is C21H22N4O4. The quantitative estimate of drug-likeness (QED) is 0.708. The molecule has 8 heteroatoms. The number of imidazole rings is 1. The Kier molecular flexibility index (Phi) is 4.84. The van der Waals surface area contributed by atoms with Crippen LogP contribution < -0.4 is 10.1 Å². The van der Waals surface area contributed by atoms with Crippen LogP contribution in [0.15, 0.2) is 40.8 Å². The first kappa shape index (κ1) is 18.8. The molecule has 1 atom stereocenters. The Hall–Kier alpha value is -3.55. The van der Waals surface area contributed by atoms with E-state index in [2.05, 4.69) is 15.3 Å². The summed E-state index contributed by atoms with van der Waals surface area (Å²) in [6, 6.07) is 11.1. The average Bonchev–Trinajstić information content (AvgIpc) is 3.34. The lowest BCUT2D eigenvalue weighted by atomic mass is 9.94. The number of nitrogens with one attached hydrogen (secondary N) is 2. The Balaban J connectivity index is 1.64. The summed E-state index contributed by atoms with van der Waals surface area (Å²) in [7, 11) is 4.94. The van der Waals surface area contributed by atoms with Crippen LogP contribution in [0.5, 0.6) is 5.75 Å². The predicted octanol–water partition coefficient (Wildman–Crippen LogP) is 2.45. The van der Waals surface area contributed by atoms with Gasteiger partial charge in [0.2, 0.25) is 0 Å². The molecule has 29 heavy (non-hydrogen) atoms. The highest BCUT2D eigenvalue weighted by Gasteiger charge is 2.27. The van der Waals surface area contributed by atoms with E-state index >= 15 is 0 Å². The number of fused-ring (bicyclic) bond motifs is 1. The first-order valence-electron chi connectivity index (χ1n) is 9.29. The van der Waals surface area contributed by atoms with Gasteiger partial charge >= 0.3 is 0 Å². The molecule has 2 amide bonds. The van der Waals surface area contributed by atoms with Crippen molar-refractivity contribution in [1.82, 2.24) is 20.2 Å². The second-order valence-electron chi connectivity index (χ2n) is 7.16. The summed E-state index contributed by atoms with van der Waals surface area (Å²) in [6.07, 6.45) is 0.610. The Morgan fingerprint density at radius 3 is 2.86 bits per heavy atom. The molecule has 1 aliphatic rings. The molecule has 8 nitrogen and oxygen atoms in total. The third kappa shape index (κ3) is 3.61. The van der Waals surface area contributed by atoms with Crippen molar-refractivity contribution in [2.75, 3.05) is 27.7 Å². The highest BCUT2D eigenvalue weighted by Crippen LogP contribution is 2.29. The second kappa shape index (κ2) is 7.46. The van der Waals surface area contributed by atoms with Gasteiger partial charge in [-0.3, -0.25) is 9.59 Å². The lowest BCUT2D eigenvalue weighted by Crippen LogP contribution is -2.26. The lowest BCUT2D eigenvalue weighted by Gasteiger charge is -2.15. The molecule has 1 aromatic carbocycles. The molecule has 1 aliphatic heterocycles. The highest BCUT2D eigenvalue weighted by atomic mass is 16.5. The number of benzene rings is 1. The van der Waals surface area contributed by atoms with Crippen LogP contribution in [-0.4, -0.2) is 54.4 Å². The zero-order valence-corrected chi connectivity index (χ0v) is 16.5. The molecular weight excluding hydrogens is 372 g/mol. The molecule has 4 rings (SSSR count). The van der Waals surface area contributed by atoms with Gasteiger partial charge in [-0.25, -0.2) is 4.98 Å². The van der Waals surface area contributed by atoms with E-state index in [4.69, 9.17) is 9.15 Å². The van der Waals surface area contributed by atoms with Crippen molar-refractivity contribution < 1.29 is 18.7 Å². The van der Waals surface area contributed by atoms with Gasteiger partial charge in [-0.05, 0) is 36.2 Å². The monoisotopic (exact) mass is 394 g/mol. The fourth-order valence-corrected chi connectivity index (χ4v) is 3.41. The molecule has 150 valence electrons. The molecule has 3 aromatic rings. The minimum Gasteiger partial charge on any atom is -0.497 e. The fourth-order valence-electron chi connectivity index (χ4n) is 3.41. The van der Waals surface area contributed by atoms with E-state index < -0.39 is 0 Å². The zero-order chi connectivity index (χ0) is 20.5. The van der Waals surface area contributed by atoms with Crippen LogP contribution in [0, 0.1) is 0 Å². The van der Waals surface area contributed by atoms with Crippen molar-refractivity contribution in [2.45, 2.75) is 12.3 Å². The van der Waals surface area contributed by atoms with Crippen LogP contribution in [0.4, 0.5) is 0 Å². The van der Waals surface area contributed by atoms with E-state index in [0.29, 0.717) is 30.2 Å². The maximum atomic E-state index is 12.5. The number of H-pyrrole nitrogens is 1. The predicted molar refractivity (Wildman–Crippen MR) is 106 cm³/mol. The molecule has 0 fully saturated rings. The number of rotatable bonds is 4. The van der Waals surface area contributed by atoms with Crippen LogP contribution in [-0.2, 0) is 6.42 Å². The largest absolute Gasteiger partial charge is 0.497 e. The first-order chi connectivity index (χ1) is 14.0. The average molecular weight is 394 g/mol. The fraction of sp³-hybridized carbons (Fsp3) is 0.286. The SMILES string of the molecule is COc1cccc(C2CNC(=O)c3nc(-c4ccc(C(=O)N(C)C)o4)[nH]c3C2)c1. The van der Waals surface area contributed by atoms with Crippen molar-refractivity contribution in [2.24, 2.45) is 0 Å². The van der Waals surface area contributed by atoms with Gasteiger partial charge in [0.1, 0.15) is 11.4 Å². The molecule has 2 N–H and O–H groups in total. The Morgan fingerprint density at radius 1 is 1.28 bits per heavy atom. The van der Waals surface area contributed by atoms with E-state index in [1.807, 2.05) is 24.3 Å². The minimum atomic E-state index is -0.236. The molecule has 0 radical (unpaired) electrons. The van der Waals surface area contributed by atoms with Gasteiger partial charge in [0.25, 0.3) is 11.8 Å². The Morgan fingerprint density at radius 2 is 2.10 bits per heavy atom. The normalized spacial score (nSPS) is 16.0. The third-order valence-electron chi connectivity index (χ3n) is 4.97. The minimum absolute atomic E-state index is 0.0751. The number of furan rings is 1. The number of methoxy groups -OCH3 is 1. The number of amides is 2. The molecule has 3 heterocycles. The zero-order valence-electron chi connectivity index (χ0n) is 16.5. The number of hydrogen-bond donors (Lipinski definition) is 2. The maximum absolute atomic E-state index is 12.5. The van der Waals surface area contributed by atoms with Crippen LogP contribution in [0.25, 0.3) is 11.6 Å². The topological polar surface area (TPSA) is 100 Å². The highest BCUT2D eigenvalue weighted by molar-refractivity contribution is 5.95. The molecule has 1 unspecified atom stereocenters. The third-order valence-corrected chi connectivity index (χ3v) is 4.97. The van der Waals surface area contributed by atoms with Gasteiger partial charge < -0.3 is 24.4 Å². The molecule has 0 saturated carbocycles. The Bertz CT molecular complexity index is 1070. The van der Waals surface area contributed by atoms with Crippen molar-refractivity contribution in [1.29, 1.82) is 0 Å². The first-order valence-corrected chi connectivity index (χ1v) is 9.29. The van der Waals surface area contributed by atoms with Gasteiger partial charge in [-0.1, -0.05) is 12.1 Å². The summed E-state index contributed by atoms with van der Waals surface area (Å²) in [5, 5.41) is 2.94. The van der Waals surface area contributed by atoms with Crippen LogP contribution in [0.1, 0.15) is 38.2 Å². The van der Waals surface area contributed by atoms with Crippen molar-refractivity contribution >= 4 is 11.8 Å². The van der Waals surface area contributed by atoms with Crippen molar-refractivity contribution in [3.63, 3.8) is 0 Å². The number of aromatic nitrogens is 2.